The van der Waals surface area contributed by atoms with E-state index in [4.69, 9.17) is 5.11 Å². The van der Waals surface area contributed by atoms with Crippen LogP contribution >= 0.6 is 0 Å². The minimum atomic E-state index is -0.712. The SMILES string of the molecule is CCn1ccc(C(=O)N2CCC(C(O)CO)CC2)cc1=O. The molecule has 2 N–H and O–H groups in total. The molecule has 2 heterocycles. The fourth-order valence-corrected chi connectivity index (χ4v) is 2.72. The number of piperidine rings is 1. The Balaban J connectivity index is 2.02. The topological polar surface area (TPSA) is 82.8 Å². The Morgan fingerprint density at radius 3 is 2.62 bits per heavy atom. The number of hydrogen-bond acceptors (Lipinski definition) is 4. The summed E-state index contributed by atoms with van der Waals surface area (Å²) in [6.45, 7) is 3.29. The fourth-order valence-electron chi connectivity index (χ4n) is 2.72. The van der Waals surface area contributed by atoms with Gasteiger partial charge in [0.2, 0.25) is 0 Å². The molecule has 1 aliphatic heterocycles. The van der Waals surface area contributed by atoms with E-state index in [0.29, 0.717) is 38.0 Å². The van der Waals surface area contributed by atoms with Crippen LogP contribution in [0.4, 0.5) is 0 Å². The Labute approximate surface area is 123 Å². The van der Waals surface area contributed by atoms with Crippen molar-refractivity contribution in [2.24, 2.45) is 5.92 Å². The molecule has 0 bridgehead atoms. The van der Waals surface area contributed by atoms with Crippen molar-refractivity contribution in [3.63, 3.8) is 0 Å². The number of carbonyl (C=O) groups excluding carboxylic acids is 1. The first kappa shape index (κ1) is 15.7. The molecule has 6 nitrogen and oxygen atoms in total. The Bertz CT molecular complexity index is 547. The van der Waals surface area contributed by atoms with Crippen molar-refractivity contribution in [1.29, 1.82) is 0 Å². The van der Waals surface area contributed by atoms with Gasteiger partial charge >= 0.3 is 0 Å². The molecule has 0 radical (unpaired) electrons. The number of carbonyl (C=O) groups is 1. The number of aliphatic hydroxyl groups excluding tert-OH is 2. The summed E-state index contributed by atoms with van der Waals surface area (Å²) >= 11 is 0. The molecule has 1 atom stereocenters. The third kappa shape index (κ3) is 3.51. The zero-order valence-corrected chi connectivity index (χ0v) is 12.2. The monoisotopic (exact) mass is 294 g/mol. The molecule has 1 unspecified atom stereocenters. The molecule has 1 aromatic rings. The summed E-state index contributed by atoms with van der Waals surface area (Å²) in [5.74, 6) is -0.112. The van der Waals surface area contributed by atoms with E-state index in [1.54, 1.807) is 21.7 Å². The van der Waals surface area contributed by atoms with E-state index in [0.717, 1.165) is 0 Å². The van der Waals surface area contributed by atoms with Gasteiger partial charge in [-0.25, -0.2) is 0 Å². The van der Waals surface area contributed by atoms with Gasteiger partial charge in [-0.1, -0.05) is 0 Å². The summed E-state index contributed by atoms with van der Waals surface area (Å²) in [6, 6.07) is 3.04. The largest absolute Gasteiger partial charge is 0.394 e. The number of hydrogen-bond donors (Lipinski definition) is 2. The van der Waals surface area contributed by atoms with Crippen molar-refractivity contribution in [1.82, 2.24) is 9.47 Å². The zero-order chi connectivity index (χ0) is 15.4. The van der Waals surface area contributed by atoms with Gasteiger partial charge in [-0.15, -0.1) is 0 Å². The summed E-state index contributed by atoms with van der Waals surface area (Å²) in [4.78, 5) is 25.8. The lowest BCUT2D eigenvalue weighted by atomic mass is 9.91. The predicted octanol–water partition coefficient (Wildman–Crippen LogP) is 0.0736. The second-order valence-electron chi connectivity index (χ2n) is 5.42. The standard InChI is InChI=1S/C15H22N2O4/c1-2-16-6-5-12(9-14(16)20)15(21)17-7-3-11(4-8-17)13(19)10-18/h5-6,9,11,13,18-19H,2-4,7-8,10H2,1H3. The molecule has 1 aliphatic rings. The highest BCUT2D eigenvalue weighted by Gasteiger charge is 2.27. The van der Waals surface area contributed by atoms with E-state index >= 15 is 0 Å². The third-order valence-corrected chi connectivity index (χ3v) is 4.14. The molecule has 1 amide bonds. The van der Waals surface area contributed by atoms with Crippen LogP contribution in [0.2, 0.25) is 0 Å². The molecule has 1 aromatic heterocycles. The highest BCUT2D eigenvalue weighted by molar-refractivity contribution is 5.94. The zero-order valence-electron chi connectivity index (χ0n) is 12.2. The van der Waals surface area contributed by atoms with Gasteiger partial charge in [-0.05, 0) is 31.7 Å². The van der Waals surface area contributed by atoms with Gasteiger partial charge in [0.1, 0.15) is 0 Å². The first-order valence-electron chi connectivity index (χ1n) is 7.35. The lowest BCUT2D eigenvalue weighted by Crippen LogP contribution is -2.42. The predicted molar refractivity (Wildman–Crippen MR) is 78.1 cm³/mol. The second-order valence-corrected chi connectivity index (χ2v) is 5.42. The van der Waals surface area contributed by atoms with E-state index in [-0.39, 0.29) is 24.0 Å². The van der Waals surface area contributed by atoms with Crippen molar-refractivity contribution in [2.75, 3.05) is 19.7 Å². The van der Waals surface area contributed by atoms with Gasteiger partial charge in [0.05, 0.1) is 12.7 Å². The summed E-state index contributed by atoms with van der Waals surface area (Å²) in [5.41, 5.74) is 0.236. The van der Waals surface area contributed by atoms with E-state index in [1.165, 1.54) is 6.07 Å². The maximum absolute atomic E-state index is 12.4. The number of rotatable bonds is 4. The lowest BCUT2D eigenvalue weighted by Gasteiger charge is -2.33. The lowest BCUT2D eigenvalue weighted by molar-refractivity contribution is 0.0179. The van der Waals surface area contributed by atoms with Crippen LogP contribution in [0.3, 0.4) is 0 Å². The normalized spacial score (nSPS) is 17.8. The molecule has 1 fully saturated rings. The first-order valence-corrected chi connectivity index (χ1v) is 7.35. The van der Waals surface area contributed by atoms with Gasteiger partial charge in [0.15, 0.2) is 0 Å². The number of pyridine rings is 1. The van der Waals surface area contributed by atoms with Crippen LogP contribution in [0.15, 0.2) is 23.1 Å². The molecular formula is C15H22N2O4. The van der Waals surface area contributed by atoms with Crippen molar-refractivity contribution in [3.8, 4) is 0 Å². The average molecular weight is 294 g/mol. The minimum Gasteiger partial charge on any atom is -0.394 e. The van der Waals surface area contributed by atoms with Crippen LogP contribution in [0.25, 0.3) is 0 Å². The molecule has 6 heteroatoms. The number of amides is 1. The van der Waals surface area contributed by atoms with Crippen molar-refractivity contribution < 1.29 is 15.0 Å². The van der Waals surface area contributed by atoms with Crippen LogP contribution in [0, 0.1) is 5.92 Å². The molecule has 0 saturated carbocycles. The maximum atomic E-state index is 12.4. The molecule has 21 heavy (non-hydrogen) atoms. The maximum Gasteiger partial charge on any atom is 0.254 e. The third-order valence-electron chi connectivity index (χ3n) is 4.14. The Kier molecular flexibility index (Phi) is 5.14. The number of nitrogens with zero attached hydrogens (tertiary/aromatic N) is 2. The average Bonchev–Trinajstić information content (AvgIpc) is 2.53. The molecule has 0 aromatic carbocycles. The van der Waals surface area contributed by atoms with E-state index in [1.807, 2.05) is 6.92 Å². The number of likely N-dealkylation sites (tertiary alicyclic amines) is 1. The summed E-state index contributed by atoms with van der Waals surface area (Å²) in [7, 11) is 0. The smallest absolute Gasteiger partial charge is 0.254 e. The molecule has 116 valence electrons. The highest BCUT2D eigenvalue weighted by atomic mass is 16.3. The Morgan fingerprint density at radius 1 is 1.43 bits per heavy atom. The van der Waals surface area contributed by atoms with Gasteiger partial charge in [-0.2, -0.15) is 0 Å². The van der Waals surface area contributed by atoms with E-state index < -0.39 is 6.10 Å². The quantitative estimate of drug-likeness (QED) is 0.823. The number of aliphatic hydroxyl groups is 2. The summed E-state index contributed by atoms with van der Waals surface area (Å²) in [6.07, 6.45) is 2.26. The molecule has 0 spiro atoms. The highest BCUT2D eigenvalue weighted by Crippen LogP contribution is 2.21. The van der Waals surface area contributed by atoms with Crippen LogP contribution in [-0.2, 0) is 6.54 Å². The fraction of sp³-hybridized carbons (Fsp3) is 0.600. The van der Waals surface area contributed by atoms with E-state index in [2.05, 4.69) is 0 Å². The van der Waals surface area contributed by atoms with E-state index in [9.17, 15) is 14.7 Å². The van der Waals surface area contributed by atoms with Crippen LogP contribution in [0.1, 0.15) is 30.1 Å². The van der Waals surface area contributed by atoms with Crippen LogP contribution in [0.5, 0.6) is 0 Å². The first-order chi connectivity index (χ1) is 10.1. The van der Waals surface area contributed by atoms with Crippen molar-refractivity contribution in [2.45, 2.75) is 32.4 Å². The van der Waals surface area contributed by atoms with Crippen LogP contribution < -0.4 is 5.56 Å². The van der Waals surface area contributed by atoms with Crippen molar-refractivity contribution >= 4 is 5.91 Å². The molecular weight excluding hydrogens is 272 g/mol. The summed E-state index contributed by atoms with van der Waals surface area (Å²) in [5, 5.41) is 18.6. The van der Waals surface area contributed by atoms with Gasteiger partial charge in [0, 0.05) is 37.5 Å². The van der Waals surface area contributed by atoms with Crippen molar-refractivity contribution in [3.05, 3.63) is 34.2 Å². The minimum absolute atomic E-state index is 0.0344. The van der Waals surface area contributed by atoms with Gasteiger partial charge in [0.25, 0.3) is 11.5 Å². The Morgan fingerprint density at radius 2 is 2.10 bits per heavy atom. The molecule has 2 rings (SSSR count). The number of aromatic nitrogens is 1. The number of aryl methyl sites for hydroxylation is 1. The van der Waals surface area contributed by atoms with Gasteiger partial charge in [-0.3, -0.25) is 9.59 Å². The molecule has 1 saturated heterocycles. The van der Waals surface area contributed by atoms with Crippen LogP contribution in [-0.4, -0.2) is 51.4 Å². The summed E-state index contributed by atoms with van der Waals surface area (Å²) < 4.78 is 1.54. The Hall–Kier alpha value is -1.66. The van der Waals surface area contributed by atoms with Gasteiger partial charge < -0.3 is 19.7 Å². The molecule has 0 aliphatic carbocycles. The second kappa shape index (κ2) is 6.87.